The predicted molar refractivity (Wildman–Crippen MR) is 169 cm³/mol. The summed E-state index contributed by atoms with van der Waals surface area (Å²) in [7, 11) is 0. The van der Waals surface area contributed by atoms with E-state index in [-0.39, 0.29) is 24.9 Å². The number of unbranched alkanes of at least 4 members (excludes halogenated alkanes) is 18. The van der Waals surface area contributed by atoms with Crippen LogP contribution in [0.15, 0.2) is 0 Å². The number of rotatable bonds is 29. The topological polar surface area (TPSA) is 157 Å². The fourth-order valence-electron chi connectivity index (χ4n) is 5.84. The molecule has 1 aliphatic heterocycles. The van der Waals surface area contributed by atoms with E-state index in [1.807, 2.05) is 0 Å². The maximum absolute atomic E-state index is 12.1. The van der Waals surface area contributed by atoms with E-state index in [9.17, 15) is 35.4 Å². The van der Waals surface area contributed by atoms with Gasteiger partial charge in [0.15, 0.2) is 6.29 Å². The molecule has 1 heterocycles. The van der Waals surface area contributed by atoms with Crippen LogP contribution in [0.1, 0.15) is 155 Å². The number of hydrogen-bond donors (Lipinski definition) is 6. The molecule has 256 valence electrons. The van der Waals surface area contributed by atoms with Crippen molar-refractivity contribution < 1.29 is 44.9 Å². The molecule has 0 radical (unpaired) electrons. The second-order valence-electron chi connectivity index (χ2n) is 12.9. The van der Waals surface area contributed by atoms with E-state index in [1.54, 1.807) is 6.92 Å². The van der Waals surface area contributed by atoms with Crippen LogP contribution in [0.25, 0.3) is 0 Å². The van der Waals surface area contributed by atoms with Crippen molar-refractivity contribution in [1.82, 2.24) is 0 Å². The number of aliphatic hydroxyl groups is 6. The van der Waals surface area contributed by atoms with E-state index >= 15 is 0 Å². The molecule has 9 heteroatoms. The molecule has 0 aromatic rings. The minimum absolute atomic E-state index is 0.0584. The van der Waals surface area contributed by atoms with Crippen LogP contribution < -0.4 is 0 Å². The van der Waals surface area contributed by atoms with Gasteiger partial charge in [-0.1, -0.05) is 116 Å². The van der Waals surface area contributed by atoms with Crippen molar-refractivity contribution in [1.29, 1.82) is 0 Å². The Balaban J connectivity index is 1.79. The number of Topliss-reactive ketones (excluding diaryl/α,β-unsaturated/α-hetero) is 1. The number of ketones is 1. The molecule has 0 bridgehead atoms. The molecule has 43 heavy (non-hydrogen) atoms. The summed E-state index contributed by atoms with van der Waals surface area (Å²) in [5.41, 5.74) is 0. The number of ether oxygens (including phenoxy) is 2. The van der Waals surface area contributed by atoms with E-state index in [2.05, 4.69) is 0 Å². The molecule has 0 saturated carbocycles. The number of carbonyl (C=O) groups excluding carboxylic acids is 1. The summed E-state index contributed by atoms with van der Waals surface area (Å²) < 4.78 is 10.7. The smallest absolute Gasteiger partial charge is 0.186 e. The molecule has 7 atom stereocenters. The van der Waals surface area contributed by atoms with Crippen LogP contribution in [0.2, 0.25) is 0 Å². The molecule has 0 aromatic carbocycles. The van der Waals surface area contributed by atoms with Gasteiger partial charge in [0.1, 0.15) is 30.2 Å². The Hall–Kier alpha value is -0.650. The molecule has 1 rings (SSSR count). The third-order valence-electron chi connectivity index (χ3n) is 8.62. The van der Waals surface area contributed by atoms with Crippen LogP contribution in [0, 0.1) is 0 Å². The average molecular weight is 619 g/mol. The Bertz CT molecular complexity index is 645. The molecule has 0 aliphatic carbocycles. The van der Waals surface area contributed by atoms with Crippen LogP contribution in [0.4, 0.5) is 0 Å². The normalized spacial score (nSPS) is 23.8. The SMILES string of the molecule is C[C@@H](O)C[C@@H](O)CCCCCCCCCCCCCCCCCCCCCC(=O)CCO[C@H]1OC(CO)[C@@H](O)C(O)[C@H]1O. The third-order valence-corrected chi connectivity index (χ3v) is 8.62. The minimum atomic E-state index is -1.47. The van der Waals surface area contributed by atoms with Crippen LogP contribution >= 0.6 is 0 Å². The number of hydrogen-bond acceptors (Lipinski definition) is 9. The van der Waals surface area contributed by atoms with E-state index in [0.717, 1.165) is 32.1 Å². The highest BCUT2D eigenvalue weighted by Gasteiger charge is 2.43. The fraction of sp³-hybridized carbons (Fsp3) is 0.971. The van der Waals surface area contributed by atoms with Crippen molar-refractivity contribution in [2.75, 3.05) is 13.2 Å². The lowest BCUT2D eigenvalue weighted by Gasteiger charge is -2.39. The lowest BCUT2D eigenvalue weighted by molar-refractivity contribution is -0.300. The maximum atomic E-state index is 12.1. The van der Waals surface area contributed by atoms with Crippen LogP contribution in [0.3, 0.4) is 0 Å². The van der Waals surface area contributed by atoms with Crippen molar-refractivity contribution in [3.8, 4) is 0 Å². The van der Waals surface area contributed by atoms with E-state index in [0.29, 0.717) is 12.8 Å². The van der Waals surface area contributed by atoms with Gasteiger partial charge in [0.2, 0.25) is 0 Å². The zero-order valence-electron chi connectivity index (χ0n) is 27.1. The van der Waals surface area contributed by atoms with Gasteiger partial charge in [0.05, 0.1) is 25.4 Å². The summed E-state index contributed by atoms with van der Waals surface area (Å²) in [4.78, 5) is 12.1. The molecule has 6 N–H and O–H groups in total. The molecule has 1 fully saturated rings. The van der Waals surface area contributed by atoms with Crippen molar-refractivity contribution in [2.24, 2.45) is 0 Å². The zero-order chi connectivity index (χ0) is 31.7. The summed E-state index contributed by atoms with van der Waals surface area (Å²) >= 11 is 0. The molecule has 1 saturated heterocycles. The van der Waals surface area contributed by atoms with Crippen molar-refractivity contribution in [2.45, 2.75) is 198 Å². The first-order valence-corrected chi connectivity index (χ1v) is 17.6. The van der Waals surface area contributed by atoms with E-state index in [4.69, 9.17) is 9.47 Å². The van der Waals surface area contributed by atoms with Crippen LogP contribution in [-0.2, 0) is 14.3 Å². The average Bonchev–Trinajstić information content (AvgIpc) is 2.97. The first kappa shape index (κ1) is 40.4. The van der Waals surface area contributed by atoms with Gasteiger partial charge in [-0.2, -0.15) is 0 Å². The second kappa shape index (κ2) is 26.6. The summed E-state index contributed by atoms with van der Waals surface area (Å²) in [5.74, 6) is 0.0960. The first-order chi connectivity index (χ1) is 20.8. The quantitative estimate of drug-likeness (QED) is 0.0629. The van der Waals surface area contributed by atoms with Gasteiger partial charge in [-0.3, -0.25) is 4.79 Å². The predicted octanol–water partition coefficient (Wildman–Crippen LogP) is 5.09. The van der Waals surface area contributed by atoms with Gasteiger partial charge in [-0.15, -0.1) is 0 Å². The molecule has 9 nitrogen and oxygen atoms in total. The summed E-state index contributed by atoms with van der Waals surface area (Å²) in [6.45, 7) is 1.28. The molecule has 0 aromatic heterocycles. The molecule has 0 spiro atoms. The number of aliphatic hydroxyl groups excluding tert-OH is 6. The van der Waals surface area contributed by atoms with Crippen molar-refractivity contribution in [3.63, 3.8) is 0 Å². The van der Waals surface area contributed by atoms with E-state index in [1.165, 1.54) is 96.3 Å². The minimum Gasteiger partial charge on any atom is -0.394 e. The first-order valence-electron chi connectivity index (χ1n) is 17.6. The van der Waals surface area contributed by atoms with Gasteiger partial charge >= 0.3 is 0 Å². The van der Waals surface area contributed by atoms with Crippen molar-refractivity contribution in [3.05, 3.63) is 0 Å². The Morgan fingerprint density at radius 3 is 1.53 bits per heavy atom. The lowest BCUT2D eigenvalue weighted by atomic mass is 9.99. The molecule has 1 aliphatic rings. The summed E-state index contributed by atoms with van der Waals surface area (Å²) in [6.07, 6.45) is 18.6. The highest BCUT2D eigenvalue weighted by atomic mass is 16.7. The monoisotopic (exact) mass is 618 g/mol. The molecular formula is C34H66O9. The lowest BCUT2D eigenvalue weighted by Crippen LogP contribution is -2.59. The van der Waals surface area contributed by atoms with Crippen molar-refractivity contribution >= 4 is 5.78 Å². The third kappa shape index (κ3) is 20.9. The largest absolute Gasteiger partial charge is 0.394 e. The fourth-order valence-corrected chi connectivity index (χ4v) is 5.84. The Morgan fingerprint density at radius 2 is 1.09 bits per heavy atom. The number of carbonyl (C=O) groups is 1. The highest BCUT2D eigenvalue weighted by molar-refractivity contribution is 5.78. The second-order valence-corrected chi connectivity index (χ2v) is 12.9. The Labute approximate surface area is 261 Å². The molecule has 2 unspecified atom stereocenters. The van der Waals surface area contributed by atoms with Crippen LogP contribution in [-0.4, -0.2) is 92.5 Å². The Morgan fingerprint density at radius 1 is 0.651 bits per heavy atom. The van der Waals surface area contributed by atoms with Gasteiger partial charge in [0.25, 0.3) is 0 Å². The standard InChI is InChI=1S/C34H66O9/c1-27(36)25-29(38)22-20-18-16-14-12-10-8-6-4-2-3-5-7-9-11-13-15-17-19-21-28(37)23-24-42-34-33(41)32(40)31(39)30(26-35)43-34/h27,29-36,38-41H,2-26H2,1H3/t27-,29+,30?,31-,32?,33-,34+/m1/s1. The van der Waals surface area contributed by atoms with Gasteiger partial charge < -0.3 is 40.1 Å². The van der Waals surface area contributed by atoms with Gasteiger partial charge in [-0.25, -0.2) is 0 Å². The van der Waals surface area contributed by atoms with Gasteiger partial charge in [0, 0.05) is 12.8 Å². The molecular weight excluding hydrogens is 552 g/mol. The summed E-state index contributed by atoms with van der Waals surface area (Å²) in [6, 6.07) is 0. The summed E-state index contributed by atoms with van der Waals surface area (Å²) in [5, 5.41) is 57.8. The highest BCUT2D eigenvalue weighted by Crippen LogP contribution is 2.22. The zero-order valence-corrected chi connectivity index (χ0v) is 27.1. The van der Waals surface area contributed by atoms with Gasteiger partial charge in [-0.05, 0) is 26.2 Å². The Kier molecular flexibility index (Phi) is 24.9. The van der Waals surface area contributed by atoms with E-state index < -0.39 is 43.4 Å². The maximum Gasteiger partial charge on any atom is 0.186 e. The van der Waals surface area contributed by atoms with Crippen LogP contribution in [0.5, 0.6) is 0 Å². The molecule has 0 amide bonds.